The molecule has 0 fully saturated rings. The van der Waals surface area contributed by atoms with E-state index in [0.717, 1.165) is 49.9 Å². The molecule has 0 radical (unpaired) electrons. The number of nitrogens with zero attached hydrogens (tertiary/aromatic N) is 4. The van der Waals surface area contributed by atoms with Crippen molar-refractivity contribution in [1.82, 2.24) is 9.78 Å². The average molecular weight is 537 g/mol. The molecule has 1 unspecified atom stereocenters. The van der Waals surface area contributed by atoms with E-state index in [1.165, 1.54) is 5.56 Å². The lowest BCUT2D eigenvalue weighted by molar-refractivity contribution is 0.156. The van der Waals surface area contributed by atoms with E-state index in [0.29, 0.717) is 18.4 Å². The molecule has 0 spiro atoms. The lowest BCUT2D eigenvalue weighted by Crippen LogP contribution is -2.13. The summed E-state index contributed by atoms with van der Waals surface area (Å²) in [4.78, 5) is 4.45. The van der Waals surface area contributed by atoms with Gasteiger partial charge < -0.3 is 5.11 Å². The molecule has 1 N–H and O–H groups in total. The number of hydrogen-bond donors (Lipinski definition) is 1. The van der Waals surface area contributed by atoms with Crippen molar-refractivity contribution < 1.29 is 5.11 Å². The molecule has 5 nitrogen and oxygen atoms in total. The van der Waals surface area contributed by atoms with Crippen LogP contribution in [0.2, 0.25) is 0 Å². The van der Waals surface area contributed by atoms with Crippen LogP contribution in [-0.2, 0) is 12.8 Å². The zero-order chi connectivity index (χ0) is 29.9. The second kappa shape index (κ2) is 26.6. The van der Waals surface area contributed by atoms with E-state index in [1.807, 2.05) is 92.1 Å². The summed E-state index contributed by atoms with van der Waals surface area (Å²) in [6.07, 6.45) is 18.0. The molecule has 2 atom stereocenters. The molecule has 0 amide bonds. The standard InChI is InChI=1S/C26H32N4O.4C2H6/c1-2-9-23-19-29-30(24-12-7-8-17-28-20-24)26(23)14-6-5-13-25(31)16-15-21-10-3-4-11-22(21)18-27;4*1-2/h3-4,6-8,10-11,14,19-20,24-25,31H,2,5,9,12-13,15-17H2,1H3;4*1-2H3/b14-6+;;;;/t24?,25-;;;;/m1..../s1. The van der Waals surface area contributed by atoms with Crippen molar-refractivity contribution >= 4 is 12.3 Å². The molecule has 1 aliphatic rings. The molecule has 2 aromatic rings. The zero-order valence-electron chi connectivity index (χ0n) is 26.3. The second-order valence-corrected chi connectivity index (χ2v) is 7.98. The van der Waals surface area contributed by atoms with Crippen molar-refractivity contribution in [1.29, 1.82) is 5.26 Å². The summed E-state index contributed by atoms with van der Waals surface area (Å²) < 4.78 is 2.08. The van der Waals surface area contributed by atoms with Gasteiger partial charge in [0, 0.05) is 6.21 Å². The first-order valence-electron chi connectivity index (χ1n) is 15.3. The maximum absolute atomic E-state index is 10.4. The van der Waals surface area contributed by atoms with Crippen molar-refractivity contribution in [3.8, 4) is 6.07 Å². The number of aliphatic imine (C=N–C) groups is 1. The summed E-state index contributed by atoms with van der Waals surface area (Å²) >= 11 is 0. The number of rotatable bonds is 10. The zero-order valence-corrected chi connectivity index (χ0v) is 26.3. The van der Waals surface area contributed by atoms with Crippen molar-refractivity contribution in [2.24, 2.45) is 4.99 Å². The molecule has 1 aromatic carbocycles. The molecule has 0 saturated heterocycles. The Morgan fingerprint density at radius 2 is 1.69 bits per heavy atom. The van der Waals surface area contributed by atoms with Crippen LogP contribution in [0.25, 0.3) is 6.08 Å². The Hall–Kier alpha value is -2.97. The highest BCUT2D eigenvalue weighted by Gasteiger charge is 2.15. The molecule has 218 valence electrons. The molecule has 3 rings (SSSR count). The number of aryl methyl sites for hydroxylation is 2. The minimum atomic E-state index is -0.379. The number of aliphatic hydroxyl groups is 1. The van der Waals surface area contributed by atoms with E-state index < -0.39 is 0 Å². The highest BCUT2D eigenvalue weighted by atomic mass is 16.3. The fourth-order valence-corrected chi connectivity index (χ4v) is 3.89. The molecule has 39 heavy (non-hydrogen) atoms. The van der Waals surface area contributed by atoms with E-state index in [2.05, 4.69) is 52.1 Å². The Morgan fingerprint density at radius 3 is 2.36 bits per heavy atom. The van der Waals surface area contributed by atoms with Gasteiger partial charge in [0.25, 0.3) is 0 Å². The first kappa shape index (κ1) is 38.2. The molecular formula is C34H56N4O. The van der Waals surface area contributed by atoms with E-state index >= 15 is 0 Å². The van der Waals surface area contributed by atoms with Gasteiger partial charge in [0.2, 0.25) is 0 Å². The van der Waals surface area contributed by atoms with Gasteiger partial charge in [-0.05, 0) is 61.8 Å². The van der Waals surface area contributed by atoms with Gasteiger partial charge in [0.1, 0.15) is 0 Å². The number of hydrogen-bond acceptors (Lipinski definition) is 4. The second-order valence-electron chi connectivity index (χ2n) is 7.98. The van der Waals surface area contributed by atoms with Crippen molar-refractivity contribution in [3.05, 3.63) is 71.1 Å². The topological polar surface area (TPSA) is 74.2 Å². The van der Waals surface area contributed by atoms with Crippen molar-refractivity contribution in [2.75, 3.05) is 6.54 Å². The molecule has 0 saturated carbocycles. The Balaban J connectivity index is 0. The number of aliphatic hydroxyl groups excluding tert-OH is 1. The summed E-state index contributed by atoms with van der Waals surface area (Å²) in [5.74, 6) is 0. The van der Waals surface area contributed by atoms with E-state index in [4.69, 9.17) is 0 Å². The first-order chi connectivity index (χ1) is 19.2. The smallest absolute Gasteiger partial charge is 0.0994 e. The SMILES string of the molecule is CC.CC.CC.CC.CCCc1cnn(C2C=NCC=CC2)c1/C=C/CC[C@@H](O)CCc1ccccc1C#N. The molecule has 0 bridgehead atoms. The number of benzene rings is 1. The highest BCUT2D eigenvalue weighted by Crippen LogP contribution is 2.21. The molecular weight excluding hydrogens is 480 g/mol. The summed E-state index contributed by atoms with van der Waals surface area (Å²) in [6.45, 7) is 18.9. The number of nitriles is 1. The van der Waals surface area contributed by atoms with Gasteiger partial charge in [0.05, 0.1) is 42.2 Å². The van der Waals surface area contributed by atoms with Crippen LogP contribution in [0.3, 0.4) is 0 Å². The van der Waals surface area contributed by atoms with E-state index in [-0.39, 0.29) is 12.1 Å². The Morgan fingerprint density at radius 1 is 1.00 bits per heavy atom. The predicted molar refractivity (Wildman–Crippen MR) is 172 cm³/mol. The quantitative estimate of drug-likeness (QED) is 0.308. The van der Waals surface area contributed by atoms with Crippen LogP contribution < -0.4 is 0 Å². The third kappa shape index (κ3) is 14.7. The van der Waals surface area contributed by atoms with E-state index in [9.17, 15) is 10.4 Å². The predicted octanol–water partition coefficient (Wildman–Crippen LogP) is 9.17. The van der Waals surface area contributed by atoms with Gasteiger partial charge in [-0.1, -0.05) is 105 Å². The fraction of sp³-hybridized carbons (Fsp3) is 0.559. The van der Waals surface area contributed by atoms with Crippen LogP contribution in [0, 0.1) is 11.3 Å². The van der Waals surface area contributed by atoms with Gasteiger partial charge in [-0.15, -0.1) is 0 Å². The number of allylic oxidation sites excluding steroid dienone is 2. The average Bonchev–Trinajstić information content (AvgIpc) is 3.21. The molecule has 1 aromatic heterocycles. The summed E-state index contributed by atoms with van der Waals surface area (Å²) in [5, 5.41) is 24.3. The maximum atomic E-state index is 10.4. The summed E-state index contributed by atoms with van der Waals surface area (Å²) in [5.41, 5.74) is 4.11. The van der Waals surface area contributed by atoms with Crippen LogP contribution in [0.5, 0.6) is 0 Å². The van der Waals surface area contributed by atoms with Gasteiger partial charge in [0.15, 0.2) is 0 Å². The molecule has 2 heterocycles. The van der Waals surface area contributed by atoms with Crippen LogP contribution in [0.15, 0.2) is 53.7 Å². The van der Waals surface area contributed by atoms with Gasteiger partial charge in [-0.2, -0.15) is 10.4 Å². The largest absolute Gasteiger partial charge is 0.393 e. The Kier molecular flexibility index (Phi) is 26.1. The fourth-order valence-electron chi connectivity index (χ4n) is 3.89. The van der Waals surface area contributed by atoms with Crippen molar-refractivity contribution in [2.45, 2.75) is 119 Å². The summed E-state index contributed by atoms with van der Waals surface area (Å²) in [6, 6.07) is 9.98. The minimum Gasteiger partial charge on any atom is -0.393 e. The first-order valence-corrected chi connectivity index (χ1v) is 15.3. The maximum Gasteiger partial charge on any atom is 0.0994 e. The third-order valence-corrected chi connectivity index (χ3v) is 5.61. The normalized spacial score (nSPS) is 14.1. The van der Waals surface area contributed by atoms with Crippen LogP contribution >= 0.6 is 0 Å². The van der Waals surface area contributed by atoms with Gasteiger partial charge >= 0.3 is 0 Å². The Labute approximate surface area is 240 Å². The van der Waals surface area contributed by atoms with Gasteiger partial charge in [-0.3, -0.25) is 9.67 Å². The van der Waals surface area contributed by atoms with Crippen molar-refractivity contribution in [3.63, 3.8) is 0 Å². The lowest BCUT2D eigenvalue weighted by Gasteiger charge is -2.13. The minimum absolute atomic E-state index is 0.148. The lowest BCUT2D eigenvalue weighted by atomic mass is 10.00. The molecule has 1 aliphatic heterocycles. The van der Waals surface area contributed by atoms with Crippen LogP contribution in [0.1, 0.15) is 123 Å². The Bertz CT molecular complexity index is 966. The van der Waals surface area contributed by atoms with Crippen LogP contribution in [0.4, 0.5) is 0 Å². The van der Waals surface area contributed by atoms with E-state index in [1.54, 1.807) is 0 Å². The summed E-state index contributed by atoms with van der Waals surface area (Å²) in [7, 11) is 0. The van der Waals surface area contributed by atoms with Crippen LogP contribution in [-0.4, -0.2) is 33.8 Å². The third-order valence-electron chi connectivity index (χ3n) is 5.61. The monoisotopic (exact) mass is 536 g/mol. The van der Waals surface area contributed by atoms with Gasteiger partial charge in [-0.25, -0.2) is 0 Å². The number of aromatic nitrogens is 2. The molecule has 0 aliphatic carbocycles. The molecule has 5 heteroatoms. The highest BCUT2D eigenvalue weighted by molar-refractivity contribution is 5.65.